The van der Waals surface area contributed by atoms with E-state index in [1.165, 1.54) is 6.42 Å². The Balaban J connectivity index is 2.54. The highest BCUT2D eigenvalue weighted by Gasteiger charge is 2.49. The first-order chi connectivity index (χ1) is 5.90. The summed E-state index contributed by atoms with van der Waals surface area (Å²) in [6.45, 7) is 6.83. The highest BCUT2D eigenvalue weighted by atomic mass is 15.3. The molecule has 0 heterocycles. The molecule has 0 saturated heterocycles. The minimum Gasteiger partial charge on any atom is -0.370 e. The zero-order valence-corrected chi connectivity index (χ0v) is 9.33. The van der Waals surface area contributed by atoms with E-state index in [1.54, 1.807) is 7.05 Å². The molecule has 2 unspecified atom stereocenters. The molecular weight excluding hydrogens is 162 g/mol. The van der Waals surface area contributed by atoms with Crippen LogP contribution in [-0.4, -0.2) is 31.0 Å². The second-order valence-corrected chi connectivity index (χ2v) is 4.73. The van der Waals surface area contributed by atoms with Crippen LogP contribution < -0.4 is 5.73 Å². The van der Waals surface area contributed by atoms with E-state index in [2.05, 4.69) is 30.7 Å². The van der Waals surface area contributed by atoms with Gasteiger partial charge in [-0.2, -0.15) is 0 Å². The van der Waals surface area contributed by atoms with E-state index < -0.39 is 0 Å². The van der Waals surface area contributed by atoms with Crippen LogP contribution in [0, 0.1) is 11.3 Å². The smallest absolute Gasteiger partial charge is 0.190 e. The van der Waals surface area contributed by atoms with Crippen LogP contribution in [0.3, 0.4) is 0 Å². The van der Waals surface area contributed by atoms with Crippen molar-refractivity contribution >= 4 is 5.96 Å². The van der Waals surface area contributed by atoms with E-state index in [1.807, 2.05) is 7.05 Å². The van der Waals surface area contributed by atoms with Crippen LogP contribution in [0.15, 0.2) is 4.99 Å². The predicted molar refractivity (Wildman–Crippen MR) is 56.7 cm³/mol. The summed E-state index contributed by atoms with van der Waals surface area (Å²) in [6.07, 6.45) is 1.30. The Morgan fingerprint density at radius 1 is 1.62 bits per heavy atom. The minimum atomic E-state index is 0.499. The van der Waals surface area contributed by atoms with Crippen LogP contribution in [0.2, 0.25) is 0 Å². The molecule has 0 amide bonds. The van der Waals surface area contributed by atoms with Crippen molar-refractivity contribution in [2.24, 2.45) is 22.1 Å². The van der Waals surface area contributed by atoms with Gasteiger partial charge in [0.05, 0.1) is 0 Å². The normalized spacial score (nSPS) is 28.4. The molecule has 3 heteroatoms. The van der Waals surface area contributed by atoms with Crippen molar-refractivity contribution in [3.8, 4) is 0 Å². The Bertz CT molecular complexity index is 220. The summed E-state index contributed by atoms with van der Waals surface area (Å²) in [7, 11) is 3.75. The average Bonchev–Trinajstić information content (AvgIpc) is 2.71. The topological polar surface area (TPSA) is 41.6 Å². The fraction of sp³-hybridized carbons (Fsp3) is 0.900. The summed E-state index contributed by atoms with van der Waals surface area (Å²) in [4.78, 5) is 6.06. The first-order valence-electron chi connectivity index (χ1n) is 4.85. The van der Waals surface area contributed by atoms with Crippen molar-refractivity contribution in [2.75, 3.05) is 14.1 Å². The maximum absolute atomic E-state index is 5.75. The molecule has 1 rings (SSSR count). The van der Waals surface area contributed by atoms with Gasteiger partial charge in [-0.25, -0.2) is 0 Å². The molecule has 0 aromatic carbocycles. The van der Waals surface area contributed by atoms with Crippen LogP contribution in [0.5, 0.6) is 0 Å². The zero-order chi connectivity index (χ0) is 10.2. The summed E-state index contributed by atoms with van der Waals surface area (Å²) in [5, 5.41) is 0. The first-order valence-corrected chi connectivity index (χ1v) is 4.85. The number of hydrogen-bond acceptors (Lipinski definition) is 1. The molecule has 2 N–H and O–H groups in total. The van der Waals surface area contributed by atoms with Gasteiger partial charge < -0.3 is 10.6 Å². The molecule has 1 aliphatic carbocycles. The van der Waals surface area contributed by atoms with E-state index in [9.17, 15) is 0 Å². The standard InChI is InChI=1S/C10H21N3/c1-7(8-6-10(8,2)3)13(5)9(11)12-4/h7-8H,6H2,1-5H3,(H2,11,12). The Morgan fingerprint density at radius 3 is 2.38 bits per heavy atom. The third-order valence-corrected chi connectivity index (χ3v) is 3.37. The molecule has 0 aromatic heterocycles. The second kappa shape index (κ2) is 3.20. The third-order valence-electron chi connectivity index (χ3n) is 3.37. The van der Waals surface area contributed by atoms with Gasteiger partial charge in [-0.3, -0.25) is 4.99 Å². The molecule has 1 saturated carbocycles. The van der Waals surface area contributed by atoms with E-state index in [-0.39, 0.29) is 0 Å². The van der Waals surface area contributed by atoms with Crippen molar-refractivity contribution in [2.45, 2.75) is 33.2 Å². The molecule has 1 aliphatic rings. The lowest BCUT2D eigenvalue weighted by Gasteiger charge is -2.26. The molecular formula is C10H21N3. The van der Waals surface area contributed by atoms with E-state index in [0.717, 1.165) is 5.92 Å². The molecule has 76 valence electrons. The van der Waals surface area contributed by atoms with Crippen molar-refractivity contribution < 1.29 is 0 Å². The van der Waals surface area contributed by atoms with Gasteiger partial charge in [0, 0.05) is 20.1 Å². The number of nitrogens with zero attached hydrogens (tertiary/aromatic N) is 2. The molecule has 1 fully saturated rings. The molecule has 0 spiro atoms. The molecule has 0 radical (unpaired) electrons. The van der Waals surface area contributed by atoms with Gasteiger partial charge in [0.1, 0.15) is 0 Å². The summed E-state index contributed by atoms with van der Waals surface area (Å²) in [5.41, 5.74) is 6.25. The maximum Gasteiger partial charge on any atom is 0.190 e. The van der Waals surface area contributed by atoms with Crippen LogP contribution in [0.25, 0.3) is 0 Å². The number of hydrogen-bond donors (Lipinski definition) is 1. The van der Waals surface area contributed by atoms with Crippen LogP contribution in [-0.2, 0) is 0 Å². The predicted octanol–water partition coefficient (Wildman–Crippen LogP) is 1.30. The van der Waals surface area contributed by atoms with Crippen molar-refractivity contribution in [1.82, 2.24) is 4.90 Å². The lowest BCUT2D eigenvalue weighted by atomic mass is 10.0. The maximum atomic E-state index is 5.75. The lowest BCUT2D eigenvalue weighted by Crippen LogP contribution is -2.42. The molecule has 0 aliphatic heterocycles. The fourth-order valence-electron chi connectivity index (χ4n) is 1.97. The monoisotopic (exact) mass is 183 g/mol. The van der Waals surface area contributed by atoms with Crippen LogP contribution in [0.4, 0.5) is 0 Å². The van der Waals surface area contributed by atoms with Gasteiger partial charge in [-0.15, -0.1) is 0 Å². The van der Waals surface area contributed by atoms with Crippen molar-refractivity contribution in [1.29, 1.82) is 0 Å². The largest absolute Gasteiger partial charge is 0.370 e. The fourth-order valence-corrected chi connectivity index (χ4v) is 1.97. The van der Waals surface area contributed by atoms with Gasteiger partial charge >= 0.3 is 0 Å². The molecule has 0 aromatic rings. The summed E-state index contributed by atoms with van der Waals surface area (Å²) in [6, 6.07) is 0.499. The van der Waals surface area contributed by atoms with E-state index >= 15 is 0 Å². The average molecular weight is 183 g/mol. The van der Waals surface area contributed by atoms with E-state index in [0.29, 0.717) is 17.4 Å². The Labute approximate surface area is 81.0 Å². The number of aliphatic imine (C=N–C) groups is 1. The van der Waals surface area contributed by atoms with E-state index in [4.69, 9.17) is 5.73 Å². The third kappa shape index (κ3) is 1.95. The molecule has 3 nitrogen and oxygen atoms in total. The number of guanidine groups is 1. The number of nitrogens with two attached hydrogens (primary N) is 1. The van der Waals surface area contributed by atoms with Gasteiger partial charge in [0.2, 0.25) is 0 Å². The van der Waals surface area contributed by atoms with Crippen molar-refractivity contribution in [3.63, 3.8) is 0 Å². The highest BCUT2D eigenvalue weighted by Crippen LogP contribution is 2.54. The quantitative estimate of drug-likeness (QED) is 0.518. The van der Waals surface area contributed by atoms with Gasteiger partial charge in [0.25, 0.3) is 0 Å². The summed E-state index contributed by atoms with van der Waals surface area (Å²) >= 11 is 0. The second-order valence-electron chi connectivity index (χ2n) is 4.73. The summed E-state index contributed by atoms with van der Waals surface area (Å²) in [5.74, 6) is 1.40. The summed E-state index contributed by atoms with van der Waals surface area (Å²) < 4.78 is 0. The lowest BCUT2D eigenvalue weighted by molar-refractivity contribution is 0.317. The molecule has 13 heavy (non-hydrogen) atoms. The van der Waals surface area contributed by atoms with Crippen molar-refractivity contribution in [3.05, 3.63) is 0 Å². The van der Waals surface area contributed by atoms with Gasteiger partial charge in [-0.05, 0) is 24.7 Å². The Morgan fingerprint density at radius 2 is 2.08 bits per heavy atom. The highest BCUT2D eigenvalue weighted by molar-refractivity contribution is 5.77. The minimum absolute atomic E-state index is 0.499. The number of rotatable bonds is 2. The SMILES string of the molecule is CN=C(N)N(C)C(C)C1CC1(C)C. The van der Waals surface area contributed by atoms with Gasteiger partial charge in [0.15, 0.2) is 5.96 Å². The Hall–Kier alpha value is -0.730. The Kier molecular flexibility index (Phi) is 2.55. The van der Waals surface area contributed by atoms with Crippen LogP contribution in [0.1, 0.15) is 27.2 Å². The van der Waals surface area contributed by atoms with Gasteiger partial charge in [-0.1, -0.05) is 13.8 Å². The molecule has 2 atom stereocenters. The van der Waals surface area contributed by atoms with Crippen LogP contribution >= 0.6 is 0 Å². The molecule has 0 bridgehead atoms. The zero-order valence-electron chi connectivity index (χ0n) is 9.33. The first kappa shape index (κ1) is 10.4.